The van der Waals surface area contributed by atoms with Gasteiger partial charge in [0.05, 0.1) is 33.7 Å². The van der Waals surface area contributed by atoms with Crippen LogP contribution in [0.3, 0.4) is 0 Å². The Morgan fingerprint density at radius 1 is 0.812 bits per heavy atom. The van der Waals surface area contributed by atoms with E-state index in [0.717, 1.165) is 18.6 Å². The maximum atomic E-state index is 11.5. The maximum absolute atomic E-state index is 11.5. The minimum atomic E-state index is -4.14. The summed E-state index contributed by atoms with van der Waals surface area (Å²) in [6.07, 6.45) is 7.57. The monoisotopic (exact) mass is 710 g/mol. The molecule has 0 aliphatic heterocycles. The van der Waals surface area contributed by atoms with Crippen LogP contribution >= 0.6 is 15.2 Å². The third-order valence-corrected chi connectivity index (χ3v) is 5.62. The molecule has 2 aromatic carbocycles. The minimum Gasteiger partial charge on any atom is -0.872 e. The summed E-state index contributed by atoms with van der Waals surface area (Å²) in [5.74, 6) is -0.722. The Bertz CT molecular complexity index is 1450. The summed E-state index contributed by atoms with van der Waals surface area (Å²) < 4.78 is 38.0. The van der Waals surface area contributed by atoms with Crippen molar-refractivity contribution in [1.29, 1.82) is 0 Å². The number of allylic oxidation sites excluding steroid dienone is 5. The average Bonchev–Trinajstić information content (AvgIpc) is 3.01. The van der Waals surface area contributed by atoms with Crippen molar-refractivity contribution in [2.45, 2.75) is 39.7 Å². The van der Waals surface area contributed by atoms with Gasteiger partial charge >= 0.3 is 17.9 Å². The number of rotatable bonds is 8. The first-order chi connectivity index (χ1) is 22.2. The van der Waals surface area contributed by atoms with Gasteiger partial charge in [-0.15, -0.1) is 5.75 Å². The molecular weight excluding hydrogens is 670 g/mol. The Morgan fingerprint density at radius 2 is 1.29 bits per heavy atom. The van der Waals surface area contributed by atoms with E-state index in [4.69, 9.17) is 19.1 Å². The summed E-state index contributed by atoms with van der Waals surface area (Å²) in [6.45, 7) is 8.28. The van der Waals surface area contributed by atoms with Crippen molar-refractivity contribution in [1.82, 2.24) is 0 Å². The second-order valence-electron chi connectivity index (χ2n) is 9.24. The van der Waals surface area contributed by atoms with E-state index in [0.29, 0.717) is 23.6 Å². The SMILES string of the molecule is C=C1C=CC=CC1=O.CCc1ccccc1OC(=O)CCC(=O)OC.COC(C)=O.CP(=O)([O-])OCc1ccccc1[O-].CP(=O)([O-])[O-]. The summed E-state index contributed by atoms with van der Waals surface area (Å²) in [5, 5.41) is 11.1. The molecule has 0 N–H and O–H groups in total. The number of carbonyl (C=O) groups is 4. The highest BCUT2D eigenvalue weighted by molar-refractivity contribution is 7.50. The third-order valence-electron chi connectivity index (χ3n) is 5.03. The number of hydrogen-bond acceptors (Lipinski definition) is 14. The molecule has 14 nitrogen and oxygen atoms in total. The van der Waals surface area contributed by atoms with Crippen LogP contribution in [0.4, 0.5) is 0 Å². The number of carbonyl (C=O) groups excluding carboxylic acids is 4. The van der Waals surface area contributed by atoms with Crippen LogP contribution in [0, 0.1) is 0 Å². The normalized spacial score (nSPS) is 12.4. The average molecular weight is 711 g/mol. The first-order valence-corrected chi connectivity index (χ1v) is 17.9. The molecule has 2 aromatic rings. The first kappa shape index (κ1) is 46.0. The third kappa shape index (κ3) is 28.1. The van der Waals surface area contributed by atoms with Gasteiger partial charge in [-0.2, -0.15) is 0 Å². The van der Waals surface area contributed by atoms with E-state index in [1.807, 2.05) is 25.1 Å². The van der Waals surface area contributed by atoms with E-state index in [-0.39, 0.29) is 37.0 Å². The summed E-state index contributed by atoms with van der Waals surface area (Å²) in [6, 6.07) is 13.5. The number of hydrogen-bond donors (Lipinski definition) is 0. The summed E-state index contributed by atoms with van der Waals surface area (Å²) in [4.78, 5) is 71.3. The Hall–Kier alpha value is -4.16. The summed E-state index contributed by atoms with van der Waals surface area (Å²) in [7, 11) is -5.24. The molecule has 0 bridgehead atoms. The molecular formula is C32H40O14P2-4. The molecule has 1 aliphatic carbocycles. The van der Waals surface area contributed by atoms with Crippen molar-refractivity contribution >= 4 is 38.9 Å². The van der Waals surface area contributed by atoms with E-state index < -0.39 is 27.1 Å². The zero-order valence-electron chi connectivity index (χ0n) is 27.6. The molecule has 0 radical (unpaired) electrons. The van der Waals surface area contributed by atoms with E-state index in [2.05, 4.69) is 20.6 Å². The van der Waals surface area contributed by atoms with Gasteiger partial charge in [-0.05, 0) is 36.4 Å². The second-order valence-corrected chi connectivity index (χ2v) is 12.6. The van der Waals surface area contributed by atoms with Gasteiger partial charge in [0.1, 0.15) is 13.3 Å². The lowest BCUT2D eigenvalue weighted by Gasteiger charge is -2.22. The Labute approximate surface area is 280 Å². The quantitative estimate of drug-likeness (QED) is 0.166. The van der Waals surface area contributed by atoms with Crippen LogP contribution in [-0.2, 0) is 55.3 Å². The fourth-order valence-electron chi connectivity index (χ4n) is 2.69. The van der Waals surface area contributed by atoms with Crippen LogP contribution in [0.15, 0.2) is 85.0 Å². The molecule has 0 aromatic heterocycles. The van der Waals surface area contributed by atoms with Crippen molar-refractivity contribution < 1.29 is 66.8 Å². The second kappa shape index (κ2) is 24.9. The molecule has 266 valence electrons. The zero-order valence-corrected chi connectivity index (χ0v) is 29.4. The molecule has 1 atom stereocenters. The molecule has 1 aliphatic rings. The molecule has 3 rings (SSSR count). The molecule has 16 heteroatoms. The molecule has 0 amide bonds. The number of ether oxygens (including phenoxy) is 3. The summed E-state index contributed by atoms with van der Waals surface area (Å²) in [5.41, 5.74) is 1.88. The number of para-hydroxylation sites is 2. The zero-order chi connectivity index (χ0) is 37.3. The largest absolute Gasteiger partial charge is 0.872 e. The van der Waals surface area contributed by atoms with Crippen LogP contribution in [0.25, 0.3) is 0 Å². The first-order valence-electron chi connectivity index (χ1n) is 13.9. The summed E-state index contributed by atoms with van der Waals surface area (Å²) >= 11 is 0. The molecule has 0 saturated carbocycles. The maximum Gasteiger partial charge on any atom is 0.311 e. The van der Waals surface area contributed by atoms with Gasteiger partial charge in [0.15, 0.2) is 5.78 Å². The molecule has 0 heterocycles. The standard InChI is InChI=1S/C13H16O4.C8H11O4P.C7H6O.C3H6O2.CH5O3P/c1-3-10-6-4-5-7-11(10)17-13(15)9-8-12(14)16-2;1-13(10,11)12-6-7-4-2-3-5-8(7)9;1-6-4-2-3-5-7(6)8;1-3(4)5-2;1-5(2,3)4/h4-7H,3,8-9H2,1-2H3;2-5,9H,6H2,1H3,(H,10,11);2-5H,1H2;1-2H3;1H3,(H2,2,3,4)/p-4. The molecule has 48 heavy (non-hydrogen) atoms. The Balaban J connectivity index is 0. The minimum absolute atomic E-state index is 0.00694. The van der Waals surface area contributed by atoms with E-state index in [1.165, 1.54) is 39.4 Å². The van der Waals surface area contributed by atoms with Gasteiger partial charge in [0.2, 0.25) is 0 Å². The van der Waals surface area contributed by atoms with Gasteiger partial charge in [-0.25, -0.2) is 0 Å². The highest BCUT2D eigenvalue weighted by Gasteiger charge is 2.10. The predicted molar refractivity (Wildman–Crippen MR) is 171 cm³/mol. The van der Waals surface area contributed by atoms with Gasteiger partial charge in [0, 0.05) is 19.2 Å². The van der Waals surface area contributed by atoms with Crippen LogP contribution < -0.4 is 24.5 Å². The van der Waals surface area contributed by atoms with Gasteiger partial charge in [-0.3, -0.25) is 19.2 Å². The van der Waals surface area contributed by atoms with E-state index in [1.54, 1.807) is 36.4 Å². The Morgan fingerprint density at radius 3 is 1.71 bits per heavy atom. The number of ketones is 1. The number of aryl methyl sites for hydroxylation is 1. The van der Waals surface area contributed by atoms with Crippen LogP contribution in [-0.4, -0.2) is 51.2 Å². The van der Waals surface area contributed by atoms with E-state index in [9.17, 15) is 33.7 Å². The van der Waals surface area contributed by atoms with Crippen molar-refractivity contribution in [2.75, 3.05) is 27.5 Å². The van der Waals surface area contributed by atoms with Crippen molar-refractivity contribution in [3.63, 3.8) is 0 Å². The van der Waals surface area contributed by atoms with Gasteiger partial charge < -0.3 is 47.7 Å². The smallest absolute Gasteiger partial charge is 0.311 e. The highest BCUT2D eigenvalue weighted by atomic mass is 31.2. The topological polar surface area (TPSA) is 232 Å². The number of benzene rings is 2. The highest BCUT2D eigenvalue weighted by Crippen LogP contribution is 2.33. The van der Waals surface area contributed by atoms with Crippen LogP contribution in [0.2, 0.25) is 0 Å². The van der Waals surface area contributed by atoms with Crippen molar-refractivity contribution in [3.8, 4) is 11.5 Å². The van der Waals surface area contributed by atoms with Crippen molar-refractivity contribution in [3.05, 3.63) is 96.1 Å². The molecule has 0 saturated heterocycles. The molecule has 0 fully saturated rings. The van der Waals surface area contributed by atoms with Crippen LogP contribution in [0.1, 0.15) is 37.8 Å². The van der Waals surface area contributed by atoms with E-state index >= 15 is 0 Å². The lowest BCUT2D eigenvalue weighted by atomic mass is 10.1. The molecule has 1 unspecified atom stereocenters. The number of esters is 3. The van der Waals surface area contributed by atoms with Crippen LogP contribution in [0.5, 0.6) is 11.5 Å². The van der Waals surface area contributed by atoms with Crippen molar-refractivity contribution in [2.24, 2.45) is 0 Å². The lowest BCUT2D eigenvalue weighted by Crippen LogP contribution is -2.12. The van der Waals surface area contributed by atoms with Gasteiger partial charge in [0.25, 0.3) is 0 Å². The Kier molecular flexibility index (Phi) is 23.9. The fraction of sp³-hybridized carbons (Fsp3) is 0.312. The fourth-order valence-corrected chi connectivity index (χ4v) is 3.06. The number of methoxy groups -OCH3 is 2. The molecule has 0 spiro atoms. The lowest BCUT2D eigenvalue weighted by molar-refractivity contribution is -0.311. The predicted octanol–water partition coefficient (Wildman–Crippen LogP) is 2.51. The van der Waals surface area contributed by atoms with Gasteiger partial charge in [-0.1, -0.05) is 81.8 Å².